The Kier molecular flexibility index (Phi) is 5.92. The van der Waals surface area contributed by atoms with Gasteiger partial charge in [0.1, 0.15) is 0 Å². The molecule has 0 heterocycles. The van der Waals surface area contributed by atoms with Crippen molar-refractivity contribution in [1.82, 2.24) is 5.32 Å². The summed E-state index contributed by atoms with van der Waals surface area (Å²) in [5.74, 6) is -2.04. The molecule has 0 bridgehead atoms. The van der Waals surface area contributed by atoms with Gasteiger partial charge in [-0.15, -0.1) is 0 Å². The number of aliphatic carboxylic acids is 1. The molecular weight excluding hydrogens is 269 g/mol. The van der Waals surface area contributed by atoms with Gasteiger partial charge in [0.25, 0.3) is 0 Å². The zero-order valence-electron chi connectivity index (χ0n) is 11.2. The van der Waals surface area contributed by atoms with Crippen LogP contribution in [0.15, 0.2) is 18.2 Å². The largest absolute Gasteiger partial charge is 0.494 e. The van der Waals surface area contributed by atoms with Crippen molar-refractivity contribution in [2.24, 2.45) is 0 Å². The fourth-order valence-electron chi connectivity index (χ4n) is 1.55. The van der Waals surface area contributed by atoms with Gasteiger partial charge in [-0.3, -0.25) is 4.79 Å². The van der Waals surface area contributed by atoms with Crippen molar-refractivity contribution in [2.75, 3.05) is 20.8 Å². The van der Waals surface area contributed by atoms with Crippen molar-refractivity contribution in [2.45, 2.75) is 12.5 Å². The summed E-state index contributed by atoms with van der Waals surface area (Å²) >= 11 is 0. The molecule has 0 aliphatic heterocycles. The molecule has 0 radical (unpaired) electrons. The van der Waals surface area contributed by atoms with Gasteiger partial charge < -0.3 is 19.9 Å². The summed E-state index contributed by atoms with van der Waals surface area (Å²) in [4.78, 5) is 22.3. The third-order valence-corrected chi connectivity index (χ3v) is 2.63. The third kappa shape index (κ3) is 4.51. The van der Waals surface area contributed by atoms with Crippen LogP contribution < -0.4 is 10.1 Å². The lowest BCUT2D eigenvalue weighted by atomic mass is 10.1. The fourth-order valence-corrected chi connectivity index (χ4v) is 1.55. The minimum absolute atomic E-state index is 0.0586. The topological polar surface area (TPSA) is 84.9 Å². The Morgan fingerprint density at radius 2 is 2.10 bits per heavy atom. The number of amides is 1. The van der Waals surface area contributed by atoms with Crippen molar-refractivity contribution in [3.05, 3.63) is 29.6 Å². The first-order valence-corrected chi connectivity index (χ1v) is 5.82. The van der Waals surface area contributed by atoms with Crippen LogP contribution in [0, 0.1) is 5.82 Å². The normalized spacial score (nSPS) is 11.8. The quantitative estimate of drug-likeness (QED) is 0.766. The van der Waals surface area contributed by atoms with Gasteiger partial charge in [-0.1, -0.05) is 6.07 Å². The summed E-state index contributed by atoms with van der Waals surface area (Å²) in [6.45, 7) is -0.150. The van der Waals surface area contributed by atoms with E-state index in [2.05, 4.69) is 10.1 Å². The Bertz CT molecular complexity index is 492. The molecule has 1 amide bonds. The van der Waals surface area contributed by atoms with Gasteiger partial charge in [0, 0.05) is 7.11 Å². The lowest BCUT2D eigenvalue weighted by Crippen LogP contribution is -2.38. The summed E-state index contributed by atoms with van der Waals surface area (Å²) in [5, 5.41) is 11.1. The van der Waals surface area contributed by atoms with Gasteiger partial charge in [0.15, 0.2) is 17.7 Å². The van der Waals surface area contributed by atoms with Crippen molar-refractivity contribution < 1.29 is 28.6 Å². The van der Waals surface area contributed by atoms with E-state index in [-0.39, 0.29) is 18.7 Å². The standard InChI is InChI=1S/C13H16FNO5/c1-19-10-4-3-8(5-9(10)14)6-12(16)15-7-11(20-2)13(17)18/h3-5,11H,6-7H2,1-2H3,(H,15,16)(H,17,18). The summed E-state index contributed by atoms with van der Waals surface area (Å²) in [6, 6.07) is 4.18. The minimum Gasteiger partial charge on any atom is -0.494 e. The molecule has 0 aliphatic rings. The average Bonchev–Trinajstić information content (AvgIpc) is 2.39. The van der Waals surface area contributed by atoms with Crippen LogP contribution in [0.25, 0.3) is 0 Å². The molecule has 7 heteroatoms. The second kappa shape index (κ2) is 7.44. The van der Waals surface area contributed by atoms with E-state index in [0.29, 0.717) is 5.56 Å². The number of hydrogen-bond acceptors (Lipinski definition) is 4. The van der Waals surface area contributed by atoms with E-state index in [1.165, 1.54) is 26.4 Å². The molecule has 0 saturated heterocycles. The molecule has 0 fully saturated rings. The molecule has 2 N–H and O–H groups in total. The Morgan fingerprint density at radius 1 is 1.40 bits per heavy atom. The lowest BCUT2D eigenvalue weighted by Gasteiger charge is -2.11. The average molecular weight is 285 g/mol. The monoisotopic (exact) mass is 285 g/mol. The highest BCUT2D eigenvalue weighted by Crippen LogP contribution is 2.17. The first-order valence-electron chi connectivity index (χ1n) is 5.82. The second-order valence-electron chi connectivity index (χ2n) is 4.01. The van der Waals surface area contributed by atoms with Gasteiger partial charge in [0.05, 0.1) is 20.1 Å². The molecule has 1 rings (SSSR count). The van der Waals surface area contributed by atoms with Crippen LogP contribution in [-0.4, -0.2) is 43.9 Å². The van der Waals surface area contributed by atoms with E-state index >= 15 is 0 Å². The van der Waals surface area contributed by atoms with E-state index in [1.807, 2.05) is 0 Å². The SMILES string of the molecule is COc1ccc(CC(=O)NCC(OC)C(=O)O)cc1F. The summed E-state index contributed by atoms with van der Waals surface area (Å²) in [7, 11) is 2.59. The lowest BCUT2D eigenvalue weighted by molar-refractivity contribution is -0.148. The highest BCUT2D eigenvalue weighted by atomic mass is 19.1. The smallest absolute Gasteiger partial charge is 0.334 e. The van der Waals surface area contributed by atoms with Crippen molar-refractivity contribution >= 4 is 11.9 Å². The molecular formula is C13H16FNO5. The van der Waals surface area contributed by atoms with E-state index < -0.39 is 23.8 Å². The van der Waals surface area contributed by atoms with Gasteiger partial charge in [0.2, 0.25) is 5.91 Å². The molecule has 20 heavy (non-hydrogen) atoms. The van der Waals surface area contributed by atoms with Crippen molar-refractivity contribution in [3.8, 4) is 5.75 Å². The maximum atomic E-state index is 13.4. The van der Waals surface area contributed by atoms with Gasteiger partial charge in [-0.2, -0.15) is 0 Å². The molecule has 0 aromatic heterocycles. The number of methoxy groups -OCH3 is 2. The molecule has 1 atom stereocenters. The highest BCUT2D eigenvalue weighted by molar-refractivity contribution is 5.80. The number of halogens is 1. The number of ether oxygens (including phenoxy) is 2. The highest BCUT2D eigenvalue weighted by Gasteiger charge is 2.17. The van der Waals surface area contributed by atoms with Crippen molar-refractivity contribution in [3.63, 3.8) is 0 Å². The van der Waals surface area contributed by atoms with Crippen LogP contribution >= 0.6 is 0 Å². The van der Waals surface area contributed by atoms with Crippen LogP contribution in [0.2, 0.25) is 0 Å². The maximum absolute atomic E-state index is 13.4. The minimum atomic E-state index is -1.16. The number of carbonyl (C=O) groups is 2. The fraction of sp³-hybridized carbons (Fsp3) is 0.385. The summed E-state index contributed by atoms with van der Waals surface area (Å²) in [6.07, 6.45) is -1.16. The Morgan fingerprint density at radius 3 is 2.60 bits per heavy atom. The third-order valence-electron chi connectivity index (χ3n) is 2.63. The molecule has 0 spiro atoms. The maximum Gasteiger partial charge on any atom is 0.334 e. The molecule has 1 aromatic carbocycles. The van der Waals surface area contributed by atoms with Crippen LogP contribution in [0.1, 0.15) is 5.56 Å². The number of nitrogens with one attached hydrogen (secondary N) is 1. The number of carboxylic acids is 1. The molecule has 0 aliphatic carbocycles. The summed E-state index contributed by atoms with van der Waals surface area (Å²) in [5.41, 5.74) is 0.463. The predicted octanol–water partition coefficient (Wildman–Crippen LogP) is 0.593. The van der Waals surface area contributed by atoms with E-state index in [4.69, 9.17) is 9.84 Å². The predicted molar refractivity (Wildman–Crippen MR) is 68.1 cm³/mol. The Balaban J connectivity index is 2.54. The molecule has 0 saturated carbocycles. The van der Waals surface area contributed by atoms with Gasteiger partial charge in [-0.05, 0) is 17.7 Å². The zero-order valence-corrected chi connectivity index (χ0v) is 11.2. The number of benzene rings is 1. The molecule has 6 nitrogen and oxygen atoms in total. The molecule has 110 valence electrons. The van der Waals surface area contributed by atoms with Gasteiger partial charge in [-0.25, -0.2) is 9.18 Å². The van der Waals surface area contributed by atoms with Crippen LogP contribution in [0.4, 0.5) is 4.39 Å². The first kappa shape index (κ1) is 15.9. The number of rotatable bonds is 7. The molecule has 1 unspecified atom stereocenters. The van der Waals surface area contributed by atoms with E-state index in [1.54, 1.807) is 6.07 Å². The molecule has 1 aromatic rings. The van der Waals surface area contributed by atoms with Gasteiger partial charge >= 0.3 is 5.97 Å². The second-order valence-corrected chi connectivity index (χ2v) is 4.01. The van der Waals surface area contributed by atoms with E-state index in [9.17, 15) is 14.0 Å². The summed E-state index contributed by atoms with van der Waals surface area (Å²) < 4.78 is 22.9. The Labute approximate surface area is 115 Å². The van der Waals surface area contributed by atoms with Crippen LogP contribution in [-0.2, 0) is 20.7 Å². The van der Waals surface area contributed by atoms with Crippen LogP contribution in [0.5, 0.6) is 5.75 Å². The number of hydrogen-bond donors (Lipinski definition) is 2. The zero-order chi connectivity index (χ0) is 15.1. The Hall–Kier alpha value is -2.15. The number of carboxylic acid groups (broad SMARTS) is 1. The van der Waals surface area contributed by atoms with Crippen LogP contribution in [0.3, 0.4) is 0 Å². The van der Waals surface area contributed by atoms with E-state index in [0.717, 1.165) is 0 Å². The van der Waals surface area contributed by atoms with Crippen molar-refractivity contribution in [1.29, 1.82) is 0 Å². The number of carbonyl (C=O) groups excluding carboxylic acids is 1. The first-order chi connectivity index (χ1) is 9.47.